The van der Waals surface area contributed by atoms with Gasteiger partial charge in [-0.1, -0.05) is 12.1 Å². The molecule has 0 aliphatic carbocycles. The molecule has 0 amide bonds. The highest BCUT2D eigenvalue weighted by Crippen LogP contribution is 2.18. The normalized spacial score (nSPS) is 13.1. The van der Waals surface area contributed by atoms with Gasteiger partial charge in [0.05, 0.1) is 17.4 Å². The fraction of sp³-hybridized carbons (Fsp3) is 0.364. The zero-order valence-electron chi connectivity index (χ0n) is 9.27. The van der Waals surface area contributed by atoms with Crippen molar-refractivity contribution in [3.05, 3.63) is 29.8 Å². The summed E-state index contributed by atoms with van der Waals surface area (Å²) in [6, 6.07) is 8.61. The summed E-state index contributed by atoms with van der Waals surface area (Å²) >= 11 is 0. The third-order valence-corrected chi connectivity index (χ3v) is 3.48. The predicted octanol–water partition coefficient (Wildman–Crippen LogP) is 1.26. The molecule has 0 aliphatic rings. The van der Waals surface area contributed by atoms with Gasteiger partial charge in [-0.3, -0.25) is 0 Å². The van der Waals surface area contributed by atoms with E-state index in [0.29, 0.717) is 11.3 Å². The molecule has 0 bridgehead atoms. The van der Waals surface area contributed by atoms with Gasteiger partial charge in [0.2, 0.25) is 0 Å². The van der Waals surface area contributed by atoms with Crippen LogP contribution >= 0.6 is 0 Å². The maximum Gasteiger partial charge on any atom is 0.175 e. The Labute approximate surface area is 95.8 Å². The van der Waals surface area contributed by atoms with E-state index in [4.69, 9.17) is 5.26 Å². The van der Waals surface area contributed by atoms with E-state index < -0.39 is 9.84 Å². The summed E-state index contributed by atoms with van der Waals surface area (Å²) in [5, 5.41) is 11.6. The molecule has 16 heavy (non-hydrogen) atoms. The van der Waals surface area contributed by atoms with Crippen molar-refractivity contribution in [3.63, 3.8) is 0 Å². The van der Waals surface area contributed by atoms with Crippen LogP contribution in [0.4, 0.5) is 0 Å². The number of nitriles is 1. The second-order valence-electron chi connectivity index (χ2n) is 3.54. The maximum absolute atomic E-state index is 11.2. The van der Waals surface area contributed by atoms with Crippen LogP contribution in [0.25, 0.3) is 0 Å². The smallest absolute Gasteiger partial charge is 0.175 e. The second-order valence-corrected chi connectivity index (χ2v) is 5.56. The molecule has 0 radical (unpaired) electrons. The molecule has 0 saturated carbocycles. The van der Waals surface area contributed by atoms with Crippen molar-refractivity contribution in [1.29, 1.82) is 5.26 Å². The number of sulfone groups is 1. The molecule has 1 aromatic rings. The van der Waals surface area contributed by atoms with E-state index in [0.717, 1.165) is 5.56 Å². The first-order valence-electron chi connectivity index (χ1n) is 4.83. The van der Waals surface area contributed by atoms with Gasteiger partial charge in [-0.25, -0.2) is 8.42 Å². The highest BCUT2D eigenvalue weighted by Gasteiger charge is 2.11. The van der Waals surface area contributed by atoms with Crippen LogP contribution in [0.1, 0.15) is 18.0 Å². The third kappa shape index (κ3) is 3.05. The molecule has 0 aliphatic heterocycles. The lowest BCUT2D eigenvalue weighted by Gasteiger charge is -2.13. The molecule has 0 fully saturated rings. The van der Waals surface area contributed by atoms with Crippen LogP contribution in [0.5, 0.6) is 0 Å². The van der Waals surface area contributed by atoms with Crippen molar-refractivity contribution >= 4 is 9.84 Å². The fourth-order valence-electron chi connectivity index (χ4n) is 1.43. The molecular formula is C11H14N2O2S. The summed E-state index contributed by atoms with van der Waals surface area (Å²) in [5.41, 5.74) is 0.913. The first-order valence-corrected chi connectivity index (χ1v) is 6.72. The first-order chi connectivity index (χ1) is 7.49. The Balaban J connectivity index is 2.99. The standard InChI is InChI=1S/C11H14N2O2S/c1-13-11(7-8-12)9-3-5-10(6-4-9)16(2,14)15/h3-6,11,13H,7H2,1-2H3. The van der Waals surface area contributed by atoms with Crippen LogP contribution in [-0.2, 0) is 9.84 Å². The van der Waals surface area contributed by atoms with E-state index in [1.54, 1.807) is 31.3 Å². The highest BCUT2D eigenvalue weighted by atomic mass is 32.2. The van der Waals surface area contributed by atoms with Gasteiger partial charge >= 0.3 is 0 Å². The molecule has 86 valence electrons. The largest absolute Gasteiger partial charge is 0.312 e. The van der Waals surface area contributed by atoms with E-state index in [1.165, 1.54) is 6.26 Å². The SMILES string of the molecule is CNC(CC#N)c1ccc(S(C)(=O)=O)cc1. The molecule has 1 N–H and O–H groups in total. The van der Waals surface area contributed by atoms with E-state index >= 15 is 0 Å². The number of rotatable bonds is 4. The molecule has 1 atom stereocenters. The Morgan fingerprint density at radius 3 is 2.31 bits per heavy atom. The molecule has 1 aromatic carbocycles. The highest BCUT2D eigenvalue weighted by molar-refractivity contribution is 7.90. The number of nitrogens with one attached hydrogen (secondary N) is 1. The molecule has 0 spiro atoms. The Kier molecular flexibility index (Phi) is 4.05. The maximum atomic E-state index is 11.2. The summed E-state index contributed by atoms with van der Waals surface area (Å²) in [5.74, 6) is 0. The second kappa shape index (κ2) is 5.10. The summed E-state index contributed by atoms with van der Waals surface area (Å²) in [4.78, 5) is 0.295. The van der Waals surface area contributed by atoms with Crippen molar-refractivity contribution in [1.82, 2.24) is 5.32 Å². The monoisotopic (exact) mass is 238 g/mol. The van der Waals surface area contributed by atoms with Gasteiger partial charge in [0.1, 0.15) is 0 Å². The van der Waals surface area contributed by atoms with Crippen molar-refractivity contribution < 1.29 is 8.42 Å². The fourth-order valence-corrected chi connectivity index (χ4v) is 2.06. The molecule has 5 heteroatoms. The first kappa shape index (κ1) is 12.7. The number of hydrogen-bond acceptors (Lipinski definition) is 4. The lowest BCUT2D eigenvalue weighted by molar-refractivity contribution is 0.599. The third-order valence-electron chi connectivity index (χ3n) is 2.35. The molecule has 1 rings (SSSR count). The lowest BCUT2D eigenvalue weighted by atomic mass is 10.1. The summed E-state index contributed by atoms with van der Waals surface area (Å²) in [7, 11) is -1.38. The molecular weight excluding hydrogens is 224 g/mol. The zero-order valence-corrected chi connectivity index (χ0v) is 10.1. The van der Waals surface area contributed by atoms with Crippen LogP contribution in [0, 0.1) is 11.3 Å². The summed E-state index contributed by atoms with van der Waals surface area (Å²) in [6.07, 6.45) is 1.53. The van der Waals surface area contributed by atoms with Crippen LogP contribution in [0.3, 0.4) is 0 Å². The molecule has 0 heterocycles. The van der Waals surface area contributed by atoms with Crippen molar-refractivity contribution in [2.24, 2.45) is 0 Å². The molecule has 1 unspecified atom stereocenters. The van der Waals surface area contributed by atoms with Crippen LogP contribution in [0.2, 0.25) is 0 Å². The van der Waals surface area contributed by atoms with Gasteiger partial charge in [0.15, 0.2) is 9.84 Å². The minimum Gasteiger partial charge on any atom is -0.312 e. The topological polar surface area (TPSA) is 70.0 Å². The Morgan fingerprint density at radius 2 is 1.94 bits per heavy atom. The van der Waals surface area contributed by atoms with Gasteiger partial charge in [0, 0.05) is 12.3 Å². The van der Waals surface area contributed by atoms with E-state index in [1.807, 2.05) is 0 Å². The predicted molar refractivity (Wildman–Crippen MR) is 61.6 cm³/mol. The Bertz CT molecular complexity index is 486. The van der Waals surface area contributed by atoms with Gasteiger partial charge in [0.25, 0.3) is 0 Å². The van der Waals surface area contributed by atoms with Crippen LogP contribution < -0.4 is 5.32 Å². The average molecular weight is 238 g/mol. The molecule has 4 nitrogen and oxygen atoms in total. The summed E-state index contributed by atoms with van der Waals surface area (Å²) < 4.78 is 22.5. The Morgan fingerprint density at radius 1 is 1.38 bits per heavy atom. The lowest BCUT2D eigenvalue weighted by Crippen LogP contribution is -2.15. The molecule has 0 saturated heterocycles. The van der Waals surface area contributed by atoms with Crippen LogP contribution in [0.15, 0.2) is 29.2 Å². The zero-order chi connectivity index (χ0) is 12.2. The van der Waals surface area contributed by atoms with Crippen molar-refractivity contribution in [2.45, 2.75) is 17.4 Å². The van der Waals surface area contributed by atoms with Crippen molar-refractivity contribution in [3.8, 4) is 6.07 Å². The van der Waals surface area contributed by atoms with Crippen LogP contribution in [-0.4, -0.2) is 21.7 Å². The van der Waals surface area contributed by atoms with Crippen molar-refractivity contribution in [2.75, 3.05) is 13.3 Å². The Hall–Kier alpha value is -1.38. The number of nitrogens with zero attached hydrogens (tertiary/aromatic N) is 1. The van der Waals surface area contributed by atoms with E-state index in [2.05, 4.69) is 11.4 Å². The van der Waals surface area contributed by atoms with Gasteiger partial charge < -0.3 is 5.32 Å². The molecule has 0 aromatic heterocycles. The average Bonchev–Trinajstić information content (AvgIpc) is 2.25. The number of hydrogen-bond donors (Lipinski definition) is 1. The van der Waals surface area contributed by atoms with E-state index in [-0.39, 0.29) is 6.04 Å². The van der Waals surface area contributed by atoms with Gasteiger partial charge in [-0.05, 0) is 24.7 Å². The quantitative estimate of drug-likeness (QED) is 0.857. The summed E-state index contributed by atoms with van der Waals surface area (Å²) in [6.45, 7) is 0. The van der Waals surface area contributed by atoms with E-state index in [9.17, 15) is 8.42 Å². The number of benzene rings is 1. The minimum atomic E-state index is -3.15. The minimum absolute atomic E-state index is 0.0568. The van der Waals surface area contributed by atoms with Gasteiger partial charge in [-0.15, -0.1) is 0 Å². The van der Waals surface area contributed by atoms with Gasteiger partial charge in [-0.2, -0.15) is 5.26 Å².